The van der Waals surface area contributed by atoms with E-state index in [2.05, 4.69) is 5.32 Å². The van der Waals surface area contributed by atoms with Crippen molar-refractivity contribution in [1.82, 2.24) is 10.2 Å². The molecule has 0 aliphatic rings. The third kappa shape index (κ3) is 8.20. The monoisotopic (exact) mass is 218 g/mol. The van der Waals surface area contributed by atoms with Crippen LogP contribution >= 0.6 is 0 Å². The van der Waals surface area contributed by atoms with Gasteiger partial charge in [0.2, 0.25) is 0 Å². The van der Waals surface area contributed by atoms with Crippen LogP contribution in [-0.4, -0.2) is 55.5 Å². The Labute approximate surface area is 91.4 Å². The summed E-state index contributed by atoms with van der Waals surface area (Å²) in [4.78, 5) is 13.0. The van der Waals surface area contributed by atoms with Crippen LogP contribution in [0.5, 0.6) is 0 Å². The average molecular weight is 218 g/mol. The lowest BCUT2D eigenvalue weighted by Crippen LogP contribution is -2.39. The maximum Gasteiger partial charge on any atom is 0.317 e. The summed E-state index contributed by atoms with van der Waals surface area (Å²) in [6, 6.07) is -0.129. The van der Waals surface area contributed by atoms with Crippen molar-refractivity contribution < 1.29 is 14.6 Å². The third-order valence-corrected chi connectivity index (χ3v) is 1.96. The predicted molar refractivity (Wildman–Crippen MR) is 58.8 cm³/mol. The summed E-state index contributed by atoms with van der Waals surface area (Å²) in [7, 11) is 1.71. The summed E-state index contributed by atoms with van der Waals surface area (Å²) in [6.07, 6.45) is 0.221. The Morgan fingerprint density at radius 3 is 2.80 bits per heavy atom. The second kappa shape index (κ2) is 8.49. The molecule has 0 aromatic carbocycles. The highest BCUT2D eigenvalue weighted by Gasteiger charge is 2.07. The summed E-state index contributed by atoms with van der Waals surface area (Å²) in [5.41, 5.74) is 0. The van der Waals surface area contributed by atoms with Gasteiger partial charge in [-0.2, -0.15) is 0 Å². The van der Waals surface area contributed by atoms with Crippen LogP contribution in [0.15, 0.2) is 0 Å². The van der Waals surface area contributed by atoms with Crippen molar-refractivity contribution in [3.05, 3.63) is 0 Å². The molecule has 0 bridgehead atoms. The van der Waals surface area contributed by atoms with Crippen molar-refractivity contribution in [1.29, 1.82) is 0 Å². The topological polar surface area (TPSA) is 61.8 Å². The van der Waals surface area contributed by atoms with Crippen LogP contribution in [0.2, 0.25) is 0 Å². The lowest BCUT2D eigenvalue weighted by Gasteiger charge is -2.18. The SMILES string of the molecule is CCOCCNC(=O)N(C)CCC(C)O. The number of hydrogen-bond acceptors (Lipinski definition) is 3. The normalized spacial score (nSPS) is 12.3. The van der Waals surface area contributed by atoms with Gasteiger partial charge in [0.1, 0.15) is 0 Å². The average Bonchev–Trinajstić information content (AvgIpc) is 2.20. The lowest BCUT2D eigenvalue weighted by molar-refractivity contribution is 0.143. The van der Waals surface area contributed by atoms with Crippen molar-refractivity contribution >= 4 is 6.03 Å². The molecule has 2 N–H and O–H groups in total. The number of aliphatic hydroxyl groups excluding tert-OH is 1. The molecule has 0 aliphatic carbocycles. The van der Waals surface area contributed by atoms with E-state index in [4.69, 9.17) is 9.84 Å². The first kappa shape index (κ1) is 14.2. The van der Waals surface area contributed by atoms with Gasteiger partial charge in [0.05, 0.1) is 12.7 Å². The molecule has 0 saturated heterocycles. The van der Waals surface area contributed by atoms with Crippen molar-refractivity contribution in [3.63, 3.8) is 0 Å². The highest BCUT2D eigenvalue weighted by atomic mass is 16.5. The number of urea groups is 1. The largest absolute Gasteiger partial charge is 0.393 e. The summed E-state index contributed by atoms with van der Waals surface area (Å²) >= 11 is 0. The Bertz CT molecular complexity index is 174. The zero-order valence-corrected chi connectivity index (χ0v) is 9.82. The van der Waals surface area contributed by atoms with E-state index in [9.17, 15) is 4.79 Å². The molecule has 1 atom stereocenters. The van der Waals surface area contributed by atoms with Crippen LogP contribution in [0, 0.1) is 0 Å². The molecule has 0 aromatic heterocycles. The molecule has 0 saturated carbocycles. The Morgan fingerprint density at radius 2 is 2.27 bits per heavy atom. The van der Waals surface area contributed by atoms with E-state index in [1.165, 1.54) is 0 Å². The molecule has 0 radical (unpaired) electrons. The Kier molecular flexibility index (Phi) is 8.04. The van der Waals surface area contributed by atoms with Gasteiger partial charge in [-0.3, -0.25) is 0 Å². The minimum absolute atomic E-state index is 0.129. The number of rotatable bonds is 7. The second-order valence-electron chi connectivity index (χ2n) is 3.49. The molecular weight excluding hydrogens is 196 g/mol. The third-order valence-electron chi connectivity index (χ3n) is 1.96. The molecule has 0 heterocycles. The fourth-order valence-electron chi connectivity index (χ4n) is 0.991. The highest BCUT2D eigenvalue weighted by Crippen LogP contribution is 1.93. The number of amides is 2. The lowest BCUT2D eigenvalue weighted by atomic mass is 10.3. The molecular formula is C10H22N2O3. The number of carbonyl (C=O) groups excluding carboxylic acids is 1. The molecule has 0 fully saturated rings. The highest BCUT2D eigenvalue weighted by molar-refractivity contribution is 5.73. The number of ether oxygens (including phenoxy) is 1. The standard InChI is InChI=1S/C10H22N2O3/c1-4-15-8-6-11-10(14)12(3)7-5-9(2)13/h9,13H,4-8H2,1-3H3,(H,11,14). The summed E-state index contributed by atoms with van der Waals surface area (Å²) in [5.74, 6) is 0. The number of hydrogen-bond donors (Lipinski definition) is 2. The minimum Gasteiger partial charge on any atom is -0.393 e. The van der Waals surface area contributed by atoms with Gasteiger partial charge in [-0.05, 0) is 20.3 Å². The molecule has 5 nitrogen and oxygen atoms in total. The van der Waals surface area contributed by atoms with Crippen molar-refractivity contribution in [2.75, 3.05) is 33.4 Å². The molecule has 1 unspecified atom stereocenters. The van der Waals surface area contributed by atoms with Gasteiger partial charge >= 0.3 is 6.03 Å². The smallest absolute Gasteiger partial charge is 0.317 e. The van der Waals surface area contributed by atoms with Crippen LogP contribution in [0.4, 0.5) is 4.79 Å². The molecule has 90 valence electrons. The molecule has 0 aliphatic heterocycles. The van der Waals surface area contributed by atoms with Gasteiger partial charge < -0.3 is 20.1 Å². The summed E-state index contributed by atoms with van der Waals surface area (Å²) in [6.45, 7) is 5.89. The van der Waals surface area contributed by atoms with E-state index < -0.39 is 0 Å². The molecule has 15 heavy (non-hydrogen) atoms. The van der Waals surface area contributed by atoms with E-state index in [0.717, 1.165) is 0 Å². The van der Waals surface area contributed by atoms with E-state index in [0.29, 0.717) is 32.7 Å². The fourth-order valence-corrected chi connectivity index (χ4v) is 0.991. The van der Waals surface area contributed by atoms with Gasteiger partial charge in [0, 0.05) is 26.7 Å². The van der Waals surface area contributed by atoms with E-state index in [1.807, 2.05) is 6.92 Å². The minimum atomic E-state index is -0.372. The Morgan fingerprint density at radius 1 is 1.60 bits per heavy atom. The van der Waals surface area contributed by atoms with Gasteiger partial charge in [-0.1, -0.05) is 0 Å². The van der Waals surface area contributed by atoms with E-state index in [-0.39, 0.29) is 12.1 Å². The molecule has 5 heteroatoms. The molecule has 0 aromatic rings. The van der Waals surface area contributed by atoms with Crippen molar-refractivity contribution in [2.45, 2.75) is 26.4 Å². The quantitative estimate of drug-likeness (QED) is 0.609. The van der Waals surface area contributed by atoms with Crippen molar-refractivity contribution in [2.24, 2.45) is 0 Å². The van der Waals surface area contributed by atoms with Gasteiger partial charge in [0.15, 0.2) is 0 Å². The van der Waals surface area contributed by atoms with Gasteiger partial charge in [-0.15, -0.1) is 0 Å². The number of carbonyl (C=O) groups is 1. The maximum atomic E-state index is 11.4. The number of nitrogens with one attached hydrogen (secondary N) is 1. The Balaban J connectivity index is 3.51. The van der Waals surface area contributed by atoms with Crippen LogP contribution in [0.3, 0.4) is 0 Å². The predicted octanol–water partition coefficient (Wildman–Crippen LogP) is 0.435. The van der Waals surface area contributed by atoms with E-state index >= 15 is 0 Å². The molecule has 2 amide bonds. The Hall–Kier alpha value is -0.810. The zero-order chi connectivity index (χ0) is 11.7. The molecule has 0 spiro atoms. The summed E-state index contributed by atoms with van der Waals surface area (Å²) < 4.78 is 5.09. The van der Waals surface area contributed by atoms with Crippen LogP contribution in [0.1, 0.15) is 20.3 Å². The van der Waals surface area contributed by atoms with Gasteiger partial charge in [0.25, 0.3) is 0 Å². The zero-order valence-electron chi connectivity index (χ0n) is 9.82. The summed E-state index contributed by atoms with van der Waals surface area (Å²) in [5, 5.41) is 11.8. The second-order valence-corrected chi connectivity index (χ2v) is 3.49. The maximum absolute atomic E-state index is 11.4. The van der Waals surface area contributed by atoms with Crippen LogP contribution < -0.4 is 5.32 Å². The fraction of sp³-hybridized carbons (Fsp3) is 0.900. The van der Waals surface area contributed by atoms with Crippen LogP contribution in [0.25, 0.3) is 0 Å². The van der Waals surface area contributed by atoms with E-state index in [1.54, 1.807) is 18.9 Å². The first-order valence-electron chi connectivity index (χ1n) is 5.32. The number of nitrogens with zero attached hydrogens (tertiary/aromatic N) is 1. The van der Waals surface area contributed by atoms with Gasteiger partial charge in [-0.25, -0.2) is 4.79 Å². The first-order valence-corrected chi connectivity index (χ1v) is 5.32. The van der Waals surface area contributed by atoms with Crippen molar-refractivity contribution in [3.8, 4) is 0 Å². The first-order chi connectivity index (χ1) is 7.07. The number of aliphatic hydroxyl groups is 1. The van der Waals surface area contributed by atoms with Crippen LogP contribution in [-0.2, 0) is 4.74 Å². The molecule has 0 rings (SSSR count).